The van der Waals surface area contributed by atoms with E-state index in [1.54, 1.807) is 6.07 Å². The summed E-state index contributed by atoms with van der Waals surface area (Å²) in [6.45, 7) is 10.7. The number of amides is 1. The van der Waals surface area contributed by atoms with Gasteiger partial charge in [-0.3, -0.25) is 9.10 Å². The number of carbonyl (C=O) groups excluding carboxylic acids is 1. The first kappa shape index (κ1) is 23.9. The van der Waals surface area contributed by atoms with Gasteiger partial charge in [-0.15, -0.1) is 0 Å². The van der Waals surface area contributed by atoms with E-state index in [0.29, 0.717) is 12.1 Å². The van der Waals surface area contributed by atoms with Crippen LogP contribution in [0.5, 0.6) is 0 Å². The van der Waals surface area contributed by atoms with Crippen LogP contribution in [0.15, 0.2) is 48.5 Å². The van der Waals surface area contributed by atoms with E-state index in [1.165, 1.54) is 16.1 Å². The van der Waals surface area contributed by atoms with Gasteiger partial charge >= 0.3 is 0 Å². The topological polar surface area (TPSA) is 66.5 Å². The van der Waals surface area contributed by atoms with Gasteiger partial charge < -0.3 is 5.32 Å². The molecule has 164 valence electrons. The minimum Gasteiger partial charge on any atom is -0.350 e. The van der Waals surface area contributed by atoms with E-state index in [0.717, 1.165) is 11.1 Å². The number of anilines is 1. The molecule has 1 atom stereocenters. The summed E-state index contributed by atoms with van der Waals surface area (Å²) < 4.78 is 25.8. The van der Waals surface area contributed by atoms with Crippen molar-refractivity contribution in [1.29, 1.82) is 0 Å². The van der Waals surface area contributed by atoms with Crippen molar-refractivity contribution in [2.75, 3.05) is 17.1 Å². The molecule has 0 saturated carbocycles. The maximum Gasteiger partial charge on any atom is 0.232 e. The van der Waals surface area contributed by atoms with Crippen LogP contribution in [-0.4, -0.2) is 27.1 Å². The molecule has 1 N–H and O–H groups in total. The summed E-state index contributed by atoms with van der Waals surface area (Å²) in [7, 11) is -3.41. The fourth-order valence-electron chi connectivity index (χ4n) is 3.32. The molecule has 30 heavy (non-hydrogen) atoms. The van der Waals surface area contributed by atoms with Gasteiger partial charge in [-0.1, -0.05) is 57.2 Å². The van der Waals surface area contributed by atoms with Gasteiger partial charge in [0.05, 0.1) is 18.0 Å². The lowest BCUT2D eigenvalue weighted by molar-refractivity contribution is -0.121. The highest BCUT2D eigenvalue weighted by Gasteiger charge is 2.18. The molecule has 0 aliphatic carbocycles. The zero-order valence-electron chi connectivity index (χ0n) is 18.9. The summed E-state index contributed by atoms with van der Waals surface area (Å²) in [6.07, 6.45) is 1.91. The summed E-state index contributed by atoms with van der Waals surface area (Å²) in [4.78, 5) is 12.4. The molecule has 1 amide bonds. The highest BCUT2D eigenvalue weighted by Crippen LogP contribution is 2.24. The Labute approximate surface area is 181 Å². The van der Waals surface area contributed by atoms with E-state index in [2.05, 4.69) is 50.4 Å². The van der Waals surface area contributed by atoms with E-state index in [1.807, 2.05) is 32.0 Å². The fraction of sp³-hybridized carbons (Fsp3) is 0.458. The lowest BCUT2D eigenvalue weighted by Crippen LogP contribution is -2.32. The Hall–Kier alpha value is -2.34. The quantitative estimate of drug-likeness (QED) is 0.659. The second-order valence-corrected chi connectivity index (χ2v) is 10.8. The van der Waals surface area contributed by atoms with Crippen LogP contribution in [0.3, 0.4) is 0 Å². The van der Waals surface area contributed by atoms with Crippen molar-refractivity contribution in [3.05, 3.63) is 65.2 Å². The first-order valence-corrected chi connectivity index (χ1v) is 12.2. The smallest absolute Gasteiger partial charge is 0.232 e. The maximum absolute atomic E-state index is 12.4. The maximum atomic E-state index is 12.4. The number of sulfonamides is 1. The standard InChI is InChI=1S/C24H34N2O3S/c1-18-9-7-10-22(17-18)26(30(6,28)29)16-8-11-23(27)25-19(2)20-12-14-21(15-13-20)24(3,4)5/h7,9-10,12-15,17,19H,8,11,16H2,1-6H3,(H,25,27). The summed E-state index contributed by atoms with van der Waals surface area (Å²) in [6, 6.07) is 15.6. The molecule has 2 rings (SSSR count). The number of aryl methyl sites for hydroxylation is 1. The molecule has 0 aliphatic rings. The summed E-state index contributed by atoms with van der Waals surface area (Å²) >= 11 is 0. The molecule has 6 heteroatoms. The number of nitrogens with one attached hydrogen (secondary N) is 1. The zero-order valence-corrected chi connectivity index (χ0v) is 19.7. The van der Waals surface area contributed by atoms with Crippen LogP contribution in [0.1, 0.15) is 63.3 Å². The lowest BCUT2D eigenvalue weighted by atomic mass is 9.86. The summed E-state index contributed by atoms with van der Waals surface area (Å²) in [5.41, 5.74) is 4.01. The molecule has 5 nitrogen and oxygen atoms in total. The molecule has 0 heterocycles. The Morgan fingerprint density at radius 3 is 2.27 bits per heavy atom. The largest absolute Gasteiger partial charge is 0.350 e. The fourth-order valence-corrected chi connectivity index (χ4v) is 4.28. The number of hydrogen-bond donors (Lipinski definition) is 1. The second-order valence-electron chi connectivity index (χ2n) is 8.94. The van der Waals surface area contributed by atoms with Crippen molar-refractivity contribution in [1.82, 2.24) is 5.32 Å². The van der Waals surface area contributed by atoms with Crippen LogP contribution >= 0.6 is 0 Å². The molecule has 0 aromatic heterocycles. The molecule has 1 unspecified atom stereocenters. The SMILES string of the molecule is Cc1cccc(N(CCCC(=O)NC(C)c2ccc(C(C)(C)C)cc2)S(C)(=O)=O)c1. The third kappa shape index (κ3) is 6.87. The van der Waals surface area contributed by atoms with E-state index in [9.17, 15) is 13.2 Å². The third-order valence-electron chi connectivity index (χ3n) is 5.11. The van der Waals surface area contributed by atoms with E-state index >= 15 is 0 Å². The van der Waals surface area contributed by atoms with Gasteiger partial charge in [-0.25, -0.2) is 8.42 Å². The predicted octanol–water partition coefficient (Wildman–Crippen LogP) is 4.72. The normalized spacial score (nSPS) is 13.0. The highest BCUT2D eigenvalue weighted by atomic mass is 32.2. The summed E-state index contributed by atoms with van der Waals surface area (Å²) in [5.74, 6) is -0.0832. The van der Waals surface area contributed by atoms with E-state index < -0.39 is 10.0 Å². The Balaban J connectivity index is 1.93. The zero-order chi connectivity index (χ0) is 22.5. The lowest BCUT2D eigenvalue weighted by Gasteiger charge is -2.23. The molecule has 0 fully saturated rings. The highest BCUT2D eigenvalue weighted by molar-refractivity contribution is 7.92. The van der Waals surface area contributed by atoms with Gasteiger partial charge in [0.15, 0.2) is 0 Å². The monoisotopic (exact) mass is 430 g/mol. The van der Waals surface area contributed by atoms with Gasteiger partial charge in [0.2, 0.25) is 15.9 Å². The van der Waals surface area contributed by atoms with Crippen LogP contribution in [0.4, 0.5) is 5.69 Å². The first-order valence-electron chi connectivity index (χ1n) is 10.3. The van der Waals surface area contributed by atoms with Crippen molar-refractivity contribution in [3.8, 4) is 0 Å². The van der Waals surface area contributed by atoms with Gasteiger partial charge in [0.1, 0.15) is 0 Å². The minimum atomic E-state index is -3.41. The van der Waals surface area contributed by atoms with Crippen LogP contribution in [0, 0.1) is 6.92 Å². The number of nitrogens with zero attached hydrogens (tertiary/aromatic N) is 1. The van der Waals surface area contributed by atoms with Crippen LogP contribution in [-0.2, 0) is 20.2 Å². The Morgan fingerprint density at radius 2 is 1.73 bits per heavy atom. The Morgan fingerprint density at radius 1 is 1.10 bits per heavy atom. The molecular weight excluding hydrogens is 396 g/mol. The van der Waals surface area contributed by atoms with Gasteiger partial charge in [0, 0.05) is 13.0 Å². The minimum absolute atomic E-state index is 0.0832. The third-order valence-corrected chi connectivity index (χ3v) is 6.30. The molecule has 2 aromatic rings. The average molecular weight is 431 g/mol. The van der Waals surface area contributed by atoms with Crippen molar-refractivity contribution in [3.63, 3.8) is 0 Å². The van der Waals surface area contributed by atoms with Crippen molar-refractivity contribution < 1.29 is 13.2 Å². The molecule has 0 saturated heterocycles. The number of carbonyl (C=O) groups is 1. The van der Waals surface area contributed by atoms with Gasteiger partial charge in [-0.2, -0.15) is 0 Å². The van der Waals surface area contributed by atoms with Crippen molar-refractivity contribution in [2.45, 2.75) is 58.9 Å². The van der Waals surface area contributed by atoms with Crippen LogP contribution in [0.25, 0.3) is 0 Å². The second kappa shape index (κ2) is 9.65. The number of hydrogen-bond acceptors (Lipinski definition) is 3. The van der Waals surface area contributed by atoms with E-state index in [-0.39, 0.29) is 30.3 Å². The molecule has 0 bridgehead atoms. The first-order chi connectivity index (χ1) is 13.9. The molecule has 0 radical (unpaired) electrons. The molecule has 0 aliphatic heterocycles. The Kier molecular flexibility index (Phi) is 7.70. The van der Waals surface area contributed by atoms with Crippen molar-refractivity contribution in [2.24, 2.45) is 0 Å². The van der Waals surface area contributed by atoms with Crippen molar-refractivity contribution >= 4 is 21.6 Å². The van der Waals surface area contributed by atoms with Gasteiger partial charge in [-0.05, 0) is 54.5 Å². The molecule has 0 spiro atoms. The van der Waals surface area contributed by atoms with Crippen LogP contribution < -0.4 is 9.62 Å². The summed E-state index contributed by atoms with van der Waals surface area (Å²) in [5, 5.41) is 3.01. The predicted molar refractivity (Wildman–Crippen MR) is 124 cm³/mol. The number of benzene rings is 2. The molecular formula is C24H34N2O3S. The van der Waals surface area contributed by atoms with E-state index in [4.69, 9.17) is 0 Å². The molecule has 2 aromatic carbocycles. The van der Waals surface area contributed by atoms with Gasteiger partial charge in [0.25, 0.3) is 0 Å². The average Bonchev–Trinajstić information content (AvgIpc) is 2.63. The number of rotatable bonds is 8. The Bertz CT molecular complexity index is 961. The van der Waals surface area contributed by atoms with Crippen LogP contribution in [0.2, 0.25) is 0 Å².